The zero-order valence-corrected chi connectivity index (χ0v) is 16.9. The van der Waals surface area contributed by atoms with E-state index < -0.39 is 29.5 Å². The van der Waals surface area contributed by atoms with E-state index in [1.807, 2.05) is 0 Å². The largest absolute Gasteiger partial charge is 0.479 e. The molecule has 0 aliphatic carbocycles. The van der Waals surface area contributed by atoms with Crippen molar-refractivity contribution in [3.05, 3.63) is 58.2 Å². The molecule has 0 aliphatic rings. The van der Waals surface area contributed by atoms with Crippen molar-refractivity contribution in [3.63, 3.8) is 0 Å². The summed E-state index contributed by atoms with van der Waals surface area (Å²) in [4.78, 5) is 12.0. The summed E-state index contributed by atoms with van der Waals surface area (Å²) >= 11 is 0. The van der Waals surface area contributed by atoms with Gasteiger partial charge in [0.25, 0.3) is 5.88 Å². The maximum Gasteiger partial charge on any atom is 0.423 e. The monoisotopic (exact) mass is 450 g/mol. The summed E-state index contributed by atoms with van der Waals surface area (Å²) in [6, 6.07) is 7.71. The second kappa shape index (κ2) is 7.79. The van der Waals surface area contributed by atoms with E-state index in [0.29, 0.717) is 22.3 Å². The molecule has 0 saturated heterocycles. The average molecular weight is 450 g/mol. The van der Waals surface area contributed by atoms with Crippen LogP contribution in [0.2, 0.25) is 0 Å². The number of benzene rings is 1. The highest BCUT2D eigenvalue weighted by Crippen LogP contribution is 2.40. The molecule has 0 amide bonds. The van der Waals surface area contributed by atoms with Gasteiger partial charge in [-0.1, -0.05) is 24.3 Å². The molecule has 0 saturated carbocycles. The number of fused-ring (bicyclic) bond motifs is 1. The number of rotatable bonds is 6. The standard InChI is InChI=1S/C20H17F3N4O5/c1-3-19(29,20(21,22)23)16-10-27(26-24-16)9-11-4-5-12-13(7-18(28)31-14(12)6-11)15-8-17(30-2)25-32-15/h4-8,10,29H,3,9H2,1-2H3. The average Bonchev–Trinajstić information content (AvgIpc) is 3.41. The number of hydrogen-bond donors (Lipinski definition) is 1. The molecular formula is C20H17F3N4O5. The van der Waals surface area contributed by atoms with Crippen LogP contribution in [0.15, 0.2) is 50.3 Å². The fraction of sp³-hybridized carbons (Fsp3) is 0.300. The van der Waals surface area contributed by atoms with Crippen molar-refractivity contribution in [3.8, 4) is 17.2 Å². The van der Waals surface area contributed by atoms with Crippen LogP contribution in [0.3, 0.4) is 0 Å². The highest BCUT2D eigenvalue weighted by atomic mass is 19.4. The molecule has 12 heteroatoms. The van der Waals surface area contributed by atoms with E-state index in [4.69, 9.17) is 13.7 Å². The smallest absolute Gasteiger partial charge is 0.423 e. The van der Waals surface area contributed by atoms with Gasteiger partial charge in [0.05, 0.1) is 19.9 Å². The summed E-state index contributed by atoms with van der Waals surface area (Å²) in [7, 11) is 1.43. The number of aromatic nitrogens is 4. The van der Waals surface area contributed by atoms with Gasteiger partial charge in [-0.25, -0.2) is 9.48 Å². The Morgan fingerprint density at radius 2 is 2.00 bits per heavy atom. The maximum absolute atomic E-state index is 13.3. The van der Waals surface area contributed by atoms with Crippen molar-refractivity contribution in [1.29, 1.82) is 0 Å². The van der Waals surface area contributed by atoms with Crippen LogP contribution in [0, 0.1) is 0 Å². The molecule has 168 valence electrons. The molecule has 1 aromatic carbocycles. The zero-order chi connectivity index (χ0) is 23.1. The second-order valence-electron chi connectivity index (χ2n) is 7.06. The summed E-state index contributed by atoms with van der Waals surface area (Å²) in [6.45, 7) is 1.24. The third-order valence-corrected chi connectivity index (χ3v) is 5.06. The second-order valence-corrected chi connectivity index (χ2v) is 7.06. The Kier molecular flexibility index (Phi) is 5.25. The molecule has 1 unspecified atom stereocenters. The van der Waals surface area contributed by atoms with E-state index in [-0.39, 0.29) is 18.0 Å². The van der Waals surface area contributed by atoms with E-state index in [0.717, 1.165) is 10.9 Å². The quantitative estimate of drug-likeness (QED) is 0.445. The number of ether oxygens (including phenoxy) is 1. The topological polar surface area (TPSA) is 116 Å². The van der Waals surface area contributed by atoms with Gasteiger partial charge in [-0.15, -0.1) is 5.10 Å². The normalized spacial score (nSPS) is 13.9. The number of halogens is 3. The van der Waals surface area contributed by atoms with Crippen LogP contribution >= 0.6 is 0 Å². The molecule has 0 fully saturated rings. The Morgan fingerprint density at radius 1 is 1.22 bits per heavy atom. The Labute approximate surface area is 178 Å². The fourth-order valence-electron chi connectivity index (χ4n) is 3.27. The minimum atomic E-state index is -4.89. The van der Waals surface area contributed by atoms with Crippen molar-refractivity contribution < 1.29 is 32.0 Å². The first-order valence-corrected chi connectivity index (χ1v) is 9.42. The first kappa shape index (κ1) is 21.6. The number of hydrogen-bond acceptors (Lipinski definition) is 8. The van der Waals surface area contributed by atoms with Gasteiger partial charge < -0.3 is 18.8 Å². The third kappa shape index (κ3) is 3.73. The fourth-order valence-corrected chi connectivity index (χ4v) is 3.27. The molecule has 1 N–H and O–H groups in total. The highest BCUT2D eigenvalue weighted by Gasteiger charge is 2.55. The van der Waals surface area contributed by atoms with Gasteiger partial charge in [0, 0.05) is 23.1 Å². The van der Waals surface area contributed by atoms with Crippen molar-refractivity contribution in [2.24, 2.45) is 0 Å². The SMILES string of the molecule is CCC(O)(c1cn(Cc2ccc3c(-c4cc(OC)no4)cc(=O)oc3c2)nn1)C(F)(F)F. The van der Waals surface area contributed by atoms with Gasteiger partial charge in [-0.05, 0) is 23.2 Å². The van der Waals surface area contributed by atoms with E-state index in [2.05, 4.69) is 15.5 Å². The Morgan fingerprint density at radius 3 is 2.66 bits per heavy atom. The van der Waals surface area contributed by atoms with E-state index in [1.165, 1.54) is 26.2 Å². The molecule has 4 aromatic rings. The summed E-state index contributed by atoms with van der Waals surface area (Å²) in [5.41, 5.74) is -3.05. The highest BCUT2D eigenvalue weighted by molar-refractivity contribution is 5.92. The van der Waals surface area contributed by atoms with Gasteiger partial charge in [0.15, 0.2) is 5.76 Å². The lowest BCUT2D eigenvalue weighted by Crippen LogP contribution is -2.42. The van der Waals surface area contributed by atoms with Crippen LogP contribution in [0.5, 0.6) is 5.88 Å². The predicted molar refractivity (Wildman–Crippen MR) is 104 cm³/mol. The molecule has 3 aromatic heterocycles. The molecule has 4 rings (SSSR count). The maximum atomic E-state index is 13.3. The van der Waals surface area contributed by atoms with Gasteiger partial charge in [0.2, 0.25) is 5.60 Å². The molecule has 0 spiro atoms. The van der Waals surface area contributed by atoms with Crippen molar-refractivity contribution in [1.82, 2.24) is 20.2 Å². The van der Waals surface area contributed by atoms with Crippen LogP contribution in [-0.4, -0.2) is 38.5 Å². The lowest BCUT2D eigenvalue weighted by atomic mass is 9.96. The Bertz CT molecular complexity index is 1330. The van der Waals surface area contributed by atoms with Gasteiger partial charge in [0.1, 0.15) is 11.3 Å². The van der Waals surface area contributed by atoms with Gasteiger partial charge in [-0.3, -0.25) is 0 Å². The van der Waals surface area contributed by atoms with Crippen LogP contribution in [0.25, 0.3) is 22.3 Å². The van der Waals surface area contributed by atoms with E-state index >= 15 is 0 Å². The van der Waals surface area contributed by atoms with Crippen LogP contribution in [-0.2, 0) is 12.1 Å². The first-order valence-electron chi connectivity index (χ1n) is 9.42. The number of aliphatic hydroxyl groups is 1. The van der Waals surface area contributed by atoms with Crippen molar-refractivity contribution in [2.75, 3.05) is 7.11 Å². The number of methoxy groups -OCH3 is 1. The molecule has 1 atom stereocenters. The van der Waals surface area contributed by atoms with Crippen molar-refractivity contribution >= 4 is 11.0 Å². The summed E-state index contributed by atoms with van der Waals surface area (Å²) in [6.07, 6.45) is -4.46. The molecule has 0 radical (unpaired) electrons. The lowest BCUT2D eigenvalue weighted by molar-refractivity contribution is -0.269. The van der Waals surface area contributed by atoms with Crippen LogP contribution in [0.1, 0.15) is 24.6 Å². The predicted octanol–water partition coefficient (Wildman–Crippen LogP) is 3.26. The summed E-state index contributed by atoms with van der Waals surface area (Å²) in [5, 5.41) is 21.5. The minimum Gasteiger partial charge on any atom is -0.479 e. The van der Waals surface area contributed by atoms with Crippen LogP contribution < -0.4 is 10.4 Å². The molecule has 9 nitrogen and oxygen atoms in total. The molecular weight excluding hydrogens is 433 g/mol. The molecule has 0 bridgehead atoms. The van der Waals surface area contributed by atoms with Crippen LogP contribution in [0.4, 0.5) is 13.2 Å². The van der Waals surface area contributed by atoms with Gasteiger partial charge >= 0.3 is 11.8 Å². The molecule has 3 heterocycles. The van der Waals surface area contributed by atoms with Crippen molar-refractivity contribution in [2.45, 2.75) is 31.7 Å². The van der Waals surface area contributed by atoms with Gasteiger partial charge in [-0.2, -0.15) is 13.2 Å². The Hall–Kier alpha value is -3.67. The lowest BCUT2D eigenvalue weighted by Gasteiger charge is -2.26. The summed E-state index contributed by atoms with van der Waals surface area (Å²) in [5.74, 6) is 0.547. The number of alkyl halides is 3. The molecule has 32 heavy (non-hydrogen) atoms. The van der Waals surface area contributed by atoms with E-state index in [1.54, 1.807) is 18.2 Å². The first-order chi connectivity index (χ1) is 15.1. The third-order valence-electron chi connectivity index (χ3n) is 5.06. The van der Waals surface area contributed by atoms with E-state index in [9.17, 15) is 23.1 Å². The zero-order valence-electron chi connectivity index (χ0n) is 16.9. The number of nitrogens with zero attached hydrogens (tertiary/aromatic N) is 4. The summed E-state index contributed by atoms with van der Waals surface area (Å²) < 4.78 is 56.4. The molecule has 0 aliphatic heterocycles. The minimum absolute atomic E-state index is 0.0324. The Balaban J connectivity index is 1.67.